The Morgan fingerprint density at radius 2 is 2.04 bits per heavy atom. The normalized spacial score (nSPS) is 17.3. The van der Waals surface area contributed by atoms with Crippen LogP contribution < -0.4 is 10.6 Å². The lowest BCUT2D eigenvalue weighted by Gasteiger charge is -2.24. The van der Waals surface area contributed by atoms with Gasteiger partial charge in [0.25, 0.3) is 0 Å². The molecule has 1 unspecified atom stereocenters. The number of hydrogen-bond donors (Lipinski definition) is 2. The predicted octanol–water partition coefficient (Wildman–Crippen LogP) is 4.34. The van der Waals surface area contributed by atoms with E-state index in [-0.39, 0.29) is 29.4 Å². The van der Waals surface area contributed by atoms with Crippen LogP contribution >= 0.6 is 39.9 Å². The molecule has 1 fully saturated rings. The van der Waals surface area contributed by atoms with Crippen molar-refractivity contribution in [2.45, 2.75) is 39.0 Å². The maximum atomic E-state index is 5.76. The molecule has 0 spiro atoms. The van der Waals surface area contributed by atoms with Gasteiger partial charge in [0.2, 0.25) is 0 Å². The third-order valence-electron chi connectivity index (χ3n) is 4.74. The highest BCUT2D eigenvalue weighted by Crippen LogP contribution is 2.25. The zero-order chi connectivity index (χ0) is 19.5. The number of nitrogens with zero attached hydrogens (tertiary/aromatic N) is 1. The third kappa shape index (κ3) is 9.41. The van der Waals surface area contributed by atoms with Gasteiger partial charge in [-0.3, -0.25) is 4.99 Å². The minimum Gasteiger partial charge on any atom is -0.381 e. The molecule has 0 aromatic heterocycles. The van der Waals surface area contributed by atoms with Gasteiger partial charge in [0, 0.05) is 42.1 Å². The monoisotopic (exact) mass is 567 g/mol. The fraction of sp³-hybridized carbons (Fsp3) is 0.667. The van der Waals surface area contributed by atoms with E-state index in [2.05, 4.69) is 71.6 Å². The van der Waals surface area contributed by atoms with Crippen molar-refractivity contribution < 1.29 is 9.47 Å². The summed E-state index contributed by atoms with van der Waals surface area (Å²) >= 11 is 3.50. The number of hydrogen-bond acceptors (Lipinski definition) is 3. The van der Waals surface area contributed by atoms with Gasteiger partial charge >= 0.3 is 0 Å². The molecule has 1 atom stereocenters. The van der Waals surface area contributed by atoms with E-state index >= 15 is 0 Å². The van der Waals surface area contributed by atoms with E-state index in [4.69, 9.17) is 14.5 Å². The van der Waals surface area contributed by atoms with Crippen LogP contribution in [0.3, 0.4) is 0 Å². The number of halogens is 2. The molecule has 0 radical (unpaired) electrons. The van der Waals surface area contributed by atoms with Gasteiger partial charge in [-0.2, -0.15) is 0 Å². The van der Waals surface area contributed by atoms with Crippen LogP contribution in [0, 0.1) is 5.92 Å². The van der Waals surface area contributed by atoms with Crippen molar-refractivity contribution in [3.63, 3.8) is 0 Å². The second kappa shape index (κ2) is 13.8. The second-order valence-corrected chi connectivity index (χ2v) is 8.59. The molecule has 1 aliphatic rings. The van der Waals surface area contributed by atoms with Crippen molar-refractivity contribution in [1.82, 2.24) is 10.6 Å². The number of benzene rings is 1. The van der Waals surface area contributed by atoms with Crippen molar-refractivity contribution >= 4 is 45.9 Å². The zero-order valence-electron chi connectivity index (χ0n) is 17.3. The Morgan fingerprint density at radius 3 is 2.68 bits per heavy atom. The van der Waals surface area contributed by atoms with E-state index in [1.165, 1.54) is 5.56 Å². The standard InChI is InChI=1S/C21H34BrN3O2.HI/c1-4-23-20(24-11-5-12-26-14-17-10-13-27-15-17)25-16-21(2,3)18-6-8-19(22)9-7-18;/h6-9,17H,4-5,10-16H2,1-3H3,(H2,23,24,25);1H. The van der Waals surface area contributed by atoms with Crippen LogP contribution in [-0.2, 0) is 14.9 Å². The molecule has 160 valence electrons. The molecule has 2 N–H and O–H groups in total. The Balaban J connectivity index is 0.00000392. The molecule has 1 aliphatic heterocycles. The van der Waals surface area contributed by atoms with Gasteiger partial charge in [0.15, 0.2) is 5.96 Å². The molecule has 28 heavy (non-hydrogen) atoms. The summed E-state index contributed by atoms with van der Waals surface area (Å²) in [5.74, 6) is 1.45. The summed E-state index contributed by atoms with van der Waals surface area (Å²) in [7, 11) is 0. The lowest BCUT2D eigenvalue weighted by atomic mass is 9.85. The molecule has 2 rings (SSSR count). The molecule has 0 bridgehead atoms. The molecule has 1 heterocycles. The van der Waals surface area contributed by atoms with Gasteiger partial charge < -0.3 is 20.1 Å². The van der Waals surface area contributed by atoms with E-state index in [0.717, 1.165) is 69.3 Å². The molecule has 1 aromatic rings. The number of nitrogens with one attached hydrogen (secondary N) is 2. The van der Waals surface area contributed by atoms with Crippen molar-refractivity contribution in [2.24, 2.45) is 10.9 Å². The van der Waals surface area contributed by atoms with Crippen LogP contribution in [0.1, 0.15) is 39.2 Å². The third-order valence-corrected chi connectivity index (χ3v) is 5.27. The van der Waals surface area contributed by atoms with Crippen LogP contribution in [0.25, 0.3) is 0 Å². The fourth-order valence-electron chi connectivity index (χ4n) is 2.96. The first-order chi connectivity index (χ1) is 13.0. The van der Waals surface area contributed by atoms with Crippen molar-refractivity contribution in [2.75, 3.05) is 46.1 Å². The maximum absolute atomic E-state index is 5.76. The van der Waals surface area contributed by atoms with Crippen molar-refractivity contribution in [1.29, 1.82) is 0 Å². The van der Waals surface area contributed by atoms with Crippen LogP contribution in [0.4, 0.5) is 0 Å². The molecule has 0 saturated carbocycles. The Morgan fingerprint density at radius 1 is 1.29 bits per heavy atom. The highest BCUT2D eigenvalue weighted by Gasteiger charge is 2.20. The average Bonchev–Trinajstić information content (AvgIpc) is 3.16. The molecule has 0 amide bonds. The van der Waals surface area contributed by atoms with E-state index in [1.54, 1.807) is 0 Å². The van der Waals surface area contributed by atoms with Crippen LogP contribution in [-0.4, -0.2) is 52.0 Å². The van der Waals surface area contributed by atoms with Gasteiger partial charge in [-0.05, 0) is 37.5 Å². The van der Waals surface area contributed by atoms with Crippen LogP contribution in [0.5, 0.6) is 0 Å². The van der Waals surface area contributed by atoms with E-state index in [9.17, 15) is 0 Å². The molecule has 0 aliphatic carbocycles. The van der Waals surface area contributed by atoms with Gasteiger partial charge in [-0.15, -0.1) is 24.0 Å². The number of ether oxygens (including phenoxy) is 2. The summed E-state index contributed by atoms with van der Waals surface area (Å²) in [6.45, 7) is 12.3. The summed E-state index contributed by atoms with van der Waals surface area (Å²) in [6, 6.07) is 8.49. The lowest BCUT2D eigenvalue weighted by Crippen LogP contribution is -2.39. The summed E-state index contributed by atoms with van der Waals surface area (Å²) in [5.41, 5.74) is 1.27. The first kappa shape index (κ1) is 25.7. The molecule has 1 aromatic carbocycles. The predicted molar refractivity (Wildman–Crippen MR) is 131 cm³/mol. The average molecular weight is 568 g/mol. The summed E-state index contributed by atoms with van der Waals surface area (Å²) in [5, 5.41) is 6.73. The minimum atomic E-state index is -0.0183. The zero-order valence-corrected chi connectivity index (χ0v) is 21.2. The highest BCUT2D eigenvalue weighted by atomic mass is 127. The van der Waals surface area contributed by atoms with Crippen molar-refractivity contribution in [3.8, 4) is 0 Å². The van der Waals surface area contributed by atoms with Crippen molar-refractivity contribution in [3.05, 3.63) is 34.3 Å². The maximum Gasteiger partial charge on any atom is 0.191 e. The molecule has 1 saturated heterocycles. The number of aliphatic imine (C=N–C) groups is 1. The van der Waals surface area contributed by atoms with Gasteiger partial charge in [-0.1, -0.05) is 41.9 Å². The molecular formula is C21H35BrIN3O2. The molecule has 5 nitrogen and oxygen atoms in total. The molecule has 7 heteroatoms. The summed E-state index contributed by atoms with van der Waals surface area (Å²) < 4.78 is 12.2. The van der Waals surface area contributed by atoms with Gasteiger partial charge in [0.1, 0.15) is 0 Å². The topological polar surface area (TPSA) is 54.9 Å². The highest BCUT2D eigenvalue weighted by molar-refractivity contribution is 14.0. The number of guanidine groups is 1. The van der Waals surface area contributed by atoms with E-state index < -0.39 is 0 Å². The minimum absolute atomic E-state index is 0. The smallest absolute Gasteiger partial charge is 0.191 e. The first-order valence-electron chi connectivity index (χ1n) is 9.95. The van der Waals surface area contributed by atoms with Gasteiger partial charge in [-0.25, -0.2) is 0 Å². The Hall–Kier alpha value is -0.380. The fourth-order valence-corrected chi connectivity index (χ4v) is 3.22. The van der Waals surface area contributed by atoms with Gasteiger partial charge in [0.05, 0.1) is 19.8 Å². The Labute approximate surface area is 195 Å². The molecular weight excluding hydrogens is 533 g/mol. The van der Waals surface area contributed by atoms with Crippen LogP contribution in [0.2, 0.25) is 0 Å². The van der Waals surface area contributed by atoms with E-state index in [0.29, 0.717) is 5.92 Å². The summed E-state index contributed by atoms with van der Waals surface area (Å²) in [4.78, 5) is 4.79. The SMILES string of the molecule is CCNC(=NCC(C)(C)c1ccc(Br)cc1)NCCCOCC1CCOC1.I. The van der Waals surface area contributed by atoms with Crippen LogP contribution in [0.15, 0.2) is 33.7 Å². The first-order valence-corrected chi connectivity index (χ1v) is 10.7. The lowest BCUT2D eigenvalue weighted by molar-refractivity contribution is 0.0888. The quantitative estimate of drug-likeness (QED) is 0.191. The van der Waals surface area contributed by atoms with E-state index in [1.807, 2.05) is 0 Å². The Kier molecular flexibility index (Phi) is 12.6. The largest absolute Gasteiger partial charge is 0.381 e. The Bertz CT molecular complexity index is 576. The summed E-state index contributed by atoms with van der Waals surface area (Å²) in [6.07, 6.45) is 2.09. The second-order valence-electron chi connectivity index (χ2n) is 7.67. The number of rotatable bonds is 10.